The van der Waals surface area contributed by atoms with Crippen LogP contribution in [0.15, 0.2) is 0 Å². The molecule has 0 aliphatic carbocycles. The maximum atomic E-state index is 11.6. The maximum absolute atomic E-state index is 11.6. The van der Waals surface area contributed by atoms with E-state index in [1.165, 1.54) is 38.5 Å². The molecule has 0 bridgehead atoms. The topological polar surface area (TPSA) is 33.7 Å². The molecular weight excluding hydrogens is 222 g/mol. The average molecular weight is 248 g/mol. The first-order valence-corrected chi connectivity index (χ1v) is 6.58. The molecule has 1 rings (SSSR count). The Bertz CT molecular complexity index is 198. The van der Waals surface area contributed by atoms with Crippen molar-refractivity contribution in [2.24, 2.45) is 0 Å². The van der Waals surface area contributed by atoms with Crippen LogP contribution in [0.25, 0.3) is 0 Å². The number of Topliss-reactive ketones (excluding diaryl/α,β-unsaturated/α-hetero) is 1. The first-order chi connectivity index (χ1) is 7.22. The Hall–Kier alpha value is -0.0800. The summed E-state index contributed by atoms with van der Waals surface area (Å²) in [5, 5.41) is 2.46. The SMILES string of the molecule is CCCCC1(CCCC)CC(=O)CC[NH2+]1.[Cl-]. The van der Waals surface area contributed by atoms with Crippen LogP contribution in [0, 0.1) is 0 Å². The molecule has 1 aliphatic rings. The number of unbranched alkanes of at least 4 members (excludes halogenated alkanes) is 2. The zero-order valence-electron chi connectivity index (χ0n) is 10.7. The highest BCUT2D eigenvalue weighted by atomic mass is 35.5. The van der Waals surface area contributed by atoms with Crippen LogP contribution in [0.5, 0.6) is 0 Å². The number of carbonyl (C=O) groups excluding carboxylic acids is 1. The van der Waals surface area contributed by atoms with Crippen LogP contribution in [-0.4, -0.2) is 17.9 Å². The second-order valence-electron chi connectivity index (χ2n) is 5.03. The molecule has 0 saturated carbocycles. The van der Waals surface area contributed by atoms with Crippen LogP contribution in [-0.2, 0) is 4.79 Å². The molecular formula is C13H26ClNO. The fourth-order valence-electron chi connectivity index (χ4n) is 2.66. The fourth-order valence-corrected chi connectivity index (χ4v) is 2.66. The van der Waals surface area contributed by atoms with Gasteiger partial charge in [-0.3, -0.25) is 4.79 Å². The summed E-state index contributed by atoms with van der Waals surface area (Å²) in [6.07, 6.45) is 9.12. The second-order valence-corrected chi connectivity index (χ2v) is 5.03. The molecule has 0 unspecified atom stereocenters. The minimum atomic E-state index is 0. The third kappa shape index (κ3) is 4.84. The van der Waals surface area contributed by atoms with E-state index in [0.29, 0.717) is 5.78 Å². The average Bonchev–Trinajstić information content (AvgIpc) is 2.24. The van der Waals surface area contributed by atoms with E-state index in [2.05, 4.69) is 19.2 Å². The third-order valence-electron chi connectivity index (χ3n) is 3.61. The van der Waals surface area contributed by atoms with Crippen molar-refractivity contribution in [3.8, 4) is 0 Å². The highest BCUT2D eigenvalue weighted by Crippen LogP contribution is 2.24. The van der Waals surface area contributed by atoms with Gasteiger partial charge in [0.05, 0.1) is 19.4 Å². The van der Waals surface area contributed by atoms with Gasteiger partial charge < -0.3 is 17.7 Å². The Morgan fingerprint density at radius 3 is 2.19 bits per heavy atom. The molecule has 0 aromatic carbocycles. The van der Waals surface area contributed by atoms with E-state index < -0.39 is 0 Å². The normalized spacial score (nSPS) is 19.2. The van der Waals surface area contributed by atoms with Crippen LogP contribution >= 0.6 is 0 Å². The lowest BCUT2D eigenvalue weighted by atomic mass is 9.80. The summed E-state index contributed by atoms with van der Waals surface area (Å²) in [6, 6.07) is 0. The molecule has 0 atom stereocenters. The molecule has 1 aliphatic heterocycles. The maximum Gasteiger partial charge on any atom is 0.144 e. The van der Waals surface area contributed by atoms with Crippen LogP contribution in [0.1, 0.15) is 65.2 Å². The Labute approximate surface area is 106 Å². The van der Waals surface area contributed by atoms with E-state index >= 15 is 0 Å². The van der Waals surface area contributed by atoms with E-state index in [1.807, 2.05) is 0 Å². The number of ketones is 1. The van der Waals surface area contributed by atoms with Crippen molar-refractivity contribution in [1.29, 1.82) is 0 Å². The van der Waals surface area contributed by atoms with Crippen molar-refractivity contribution in [3.63, 3.8) is 0 Å². The van der Waals surface area contributed by atoms with Crippen molar-refractivity contribution >= 4 is 5.78 Å². The molecule has 3 heteroatoms. The number of hydrogen-bond donors (Lipinski definition) is 1. The largest absolute Gasteiger partial charge is 1.00 e. The van der Waals surface area contributed by atoms with Gasteiger partial charge in [0.15, 0.2) is 0 Å². The van der Waals surface area contributed by atoms with Gasteiger partial charge in [-0.05, 0) is 12.8 Å². The van der Waals surface area contributed by atoms with E-state index in [4.69, 9.17) is 0 Å². The van der Waals surface area contributed by atoms with Gasteiger partial charge >= 0.3 is 0 Å². The second kappa shape index (κ2) is 8.08. The molecule has 1 saturated heterocycles. The molecule has 96 valence electrons. The highest BCUT2D eigenvalue weighted by Gasteiger charge is 2.37. The van der Waals surface area contributed by atoms with Crippen molar-refractivity contribution in [1.82, 2.24) is 0 Å². The first-order valence-electron chi connectivity index (χ1n) is 6.58. The van der Waals surface area contributed by atoms with Crippen LogP contribution in [0.3, 0.4) is 0 Å². The number of rotatable bonds is 6. The lowest BCUT2D eigenvalue weighted by molar-refractivity contribution is -0.732. The molecule has 16 heavy (non-hydrogen) atoms. The number of hydrogen-bond acceptors (Lipinski definition) is 1. The molecule has 0 aromatic rings. The lowest BCUT2D eigenvalue weighted by Gasteiger charge is -2.34. The predicted octanol–water partition coefficient (Wildman–Crippen LogP) is -0.964. The Balaban J connectivity index is 0.00000225. The van der Waals surface area contributed by atoms with E-state index in [-0.39, 0.29) is 17.9 Å². The quantitative estimate of drug-likeness (QED) is 0.645. The van der Waals surface area contributed by atoms with Crippen LogP contribution in [0.4, 0.5) is 0 Å². The van der Waals surface area contributed by atoms with Crippen LogP contribution in [0.2, 0.25) is 0 Å². The van der Waals surface area contributed by atoms with Crippen molar-refractivity contribution in [2.45, 2.75) is 70.8 Å². The Kier molecular flexibility index (Phi) is 8.04. The monoisotopic (exact) mass is 247 g/mol. The van der Waals surface area contributed by atoms with Gasteiger partial charge in [0, 0.05) is 12.8 Å². The summed E-state index contributed by atoms with van der Waals surface area (Å²) < 4.78 is 0. The molecule has 0 spiro atoms. The van der Waals surface area contributed by atoms with Crippen molar-refractivity contribution < 1.29 is 22.5 Å². The van der Waals surface area contributed by atoms with Crippen molar-refractivity contribution in [2.75, 3.05) is 6.54 Å². The van der Waals surface area contributed by atoms with E-state index in [1.54, 1.807) is 0 Å². The van der Waals surface area contributed by atoms with E-state index in [0.717, 1.165) is 19.4 Å². The molecule has 2 N–H and O–H groups in total. The molecule has 1 fully saturated rings. The summed E-state index contributed by atoms with van der Waals surface area (Å²) in [6.45, 7) is 5.49. The minimum absolute atomic E-state index is 0. The minimum Gasteiger partial charge on any atom is -1.00 e. The van der Waals surface area contributed by atoms with Crippen molar-refractivity contribution in [3.05, 3.63) is 0 Å². The fraction of sp³-hybridized carbons (Fsp3) is 0.923. The first kappa shape index (κ1) is 15.9. The standard InChI is InChI=1S/C13H25NO.ClH/c1-3-5-8-13(9-6-4-2)11-12(15)7-10-14-13;/h14H,3-11H2,1-2H3;1H. The predicted molar refractivity (Wildman–Crippen MR) is 62.8 cm³/mol. The van der Waals surface area contributed by atoms with Gasteiger partial charge in [-0.2, -0.15) is 0 Å². The van der Waals surface area contributed by atoms with Gasteiger partial charge in [-0.25, -0.2) is 0 Å². The summed E-state index contributed by atoms with van der Waals surface area (Å²) >= 11 is 0. The zero-order valence-corrected chi connectivity index (χ0v) is 11.5. The molecule has 1 heterocycles. The zero-order chi connectivity index (χ0) is 11.1. The number of halogens is 1. The lowest BCUT2D eigenvalue weighted by Crippen LogP contribution is -3.00. The van der Waals surface area contributed by atoms with Gasteiger partial charge in [-0.1, -0.05) is 26.7 Å². The van der Waals surface area contributed by atoms with E-state index in [9.17, 15) is 4.79 Å². The number of carbonyl (C=O) groups is 1. The Morgan fingerprint density at radius 1 is 1.19 bits per heavy atom. The van der Waals surface area contributed by atoms with Gasteiger partial charge in [0.1, 0.15) is 11.3 Å². The smallest absolute Gasteiger partial charge is 0.144 e. The van der Waals surface area contributed by atoms with Gasteiger partial charge in [-0.15, -0.1) is 0 Å². The summed E-state index contributed by atoms with van der Waals surface area (Å²) in [5.41, 5.74) is 0.279. The van der Waals surface area contributed by atoms with Crippen LogP contribution < -0.4 is 17.7 Å². The molecule has 0 radical (unpaired) electrons. The molecule has 2 nitrogen and oxygen atoms in total. The number of nitrogens with two attached hydrogens (primary N) is 1. The highest BCUT2D eigenvalue weighted by molar-refractivity contribution is 5.79. The summed E-state index contributed by atoms with van der Waals surface area (Å²) in [4.78, 5) is 11.6. The molecule has 0 amide bonds. The summed E-state index contributed by atoms with van der Waals surface area (Å²) in [7, 11) is 0. The summed E-state index contributed by atoms with van der Waals surface area (Å²) in [5.74, 6) is 0.490. The van der Waals surface area contributed by atoms with Gasteiger partial charge in [0.25, 0.3) is 0 Å². The molecule has 0 aromatic heterocycles. The third-order valence-corrected chi connectivity index (χ3v) is 3.61. The van der Waals surface area contributed by atoms with Gasteiger partial charge in [0.2, 0.25) is 0 Å². The Morgan fingerprint density at radius 2 is 1.75 bits per heavy atom. The number of piperidine rings is 1. The number of quaternary nitrogens is 1.